The lowest BCUT2D eigenvalue weighted by atomic mass is 9.87. The van der Waals surface area contributed by atoms with E-state index in [0.29, 0.717) is 5.54 Å². The molecule has 4 heteroatoms. The van der Waals surface area contributed by atoms with Crippen LogP contribution in [-0.4, -0.2) is 22.6 Å². The van der Waals surface area contributed by atoms with Crippen LogP contribution in [0.25, 0.3) is 0 Å². The zero-order chi connectivity index (χ0) is 12.0. The van der Waals surface area contributed by atoms with Crippen LogP contribution in [0.15, 0.2) is 29.4 Å². The third-order valence-electron chi connectivity index (χ3n) is 4.50. The van der Waals surface area contributed by atoms with Crippen LogP contribution in [0.1, 0.15) is 25.0 Å². The van der Waals surface area contributed by atoms with E-state index in [1.807, 2.05) is 12.5 Å². The second-order valence-corrected chi connectivity index (χ2v) is 6.27. The summed E-state index contributed by atoms with van der Waals surface area (Å²) in [5.41, 5.74) is 3.13. The summed E-state index contributed by atoms with van der Waals surface area (Å²) >= 11 is 1.79. The summed E-state index contributed by atoms with van der Waals surface area (Å²) < 4.78 is 2.46. The fraction of sp³-hybridized carbons (Fsp3) is 0.500. The summed E-state index contributed by atoms with van der Waals surface area (Å²) in [5, 5.41) is 4.43. The first-order valence-electron chi connectivity index (χ1n) is 6.66. The van der Waals surface area contributed by atoms with Crippen LogP contribution in [0.2, 0.25) is 0 Å². The Morgan fingerprint density at radius 3 is 3.22 bits per heavy atom. The Morgan fingerprint density at radius 1 is 1.33 bits per heavy atom. The molecular weight excluding hydrogens is 242 g/mol. The van der Waals surface area contributed by atoms with Crippen molar-refractivity contribution in [2.24, 2.45) is 0 Å². The van der Waals surface area contributed by atoms with Gasteiger partial charge in [0.2, 0.25) is 0 Å². The van der Waals surface area contributed by atoms with Crippen LogP contribution in [0.5, 0.6) is 0 Å². The lowest BCUT2D eigenvalue weighted by Crippen LogP contribution is -2.40. The lowest BCUT2D eigenvalue weighted by Gasteiger charge is -2.36. The summed E-state index contributed by atoms with van der Waals surface area (Å²) in [6, 6.07) is 2.24. The van der Waals surface area contributed by atoms with Gasteiger partial charge in [0.05, 0.1) is 11.9 Å². The fourth-order valence-electron chi connectivity index (χ4n) is 3.57. The van der Waals surface area contributed by atoms with Crippen molar-refractivity contribution in [2.45, 2.75) is 31.2 Å². The van der Waals surface area contributed by atoms with Gasteiger partial charge in [0.25, 0.3) is 0 Å². The summed E-state index contributed by atoms with van der Waals surface area (Å²) in [6.07, 6.45) is 9.16. The Bertz CT molecular complexity index is 545. The second kappa shape index (κ2) is 3.85. The van der Waals surface area contributed by atoms with Gasteiger partial charge in [0.15, 0.2) is 0 Å². The number of imidazole rings is 1. The highest BCUT2D eigenvalue weighted by Gasteiger charge is 2.42. The second-order valence-electron chi connectivity index (χ2n) is 5.49. The maximum absolute atomic E-state index is 4.36. The molecule has 0 aromatic carbocycles. The number of anilines is 1. The van der Waals surface area contributed by atoms with Gasteiger partial charge in [-0.2, -0.15) is 11.3 Å². The van der Waals surface area contributed by atoms with E-state index in [2.05, 4.69) is 31.3 Å². The van der Waals surface area contributed by atoms with E-state index in [-0.39, 0.29) is 0 Å². The van der Waals surface area contributed by atoms with E-state index in [4.69, 9.17) is 0 Å². The van der Waals surface area contributed by atoms with Crippen molar-refractivity contribution in [3.05, 3.63) is 35.0 Å². The summed E-state index contributed by atoms with van der Waals surface area (Å²) in [5.74, 6) is 0. The molecule has 0 saturated carbocycles. The molecule has 0 amide bonds. The lowest BCUT2D eigenvalue weighted by molar-refractivity contribution is 0.255. The minimum atomic E-state index is 0.312. The van der Waals surface area contributed by atoms with Crippen molar-refractivity contribution < 1.29 is 0 Å². The molecule has 3 nitrogen and oxygen atoms in total. The Labute approximate surface area is 111 Å². The molecule has 1 unspecified atom stereocenters. The van der Waals surface area contributed by atoms with E-state index >= 15 is 0 Å². The number of thiophene rings is 1. The van der Waals surface area contributed by atoms with Crippen LogP contribution < -0.4 is 4.90 Å². The predicted molar refractivity (Wildman–Crippen MR) is 74.3 cm³/mol. The first-order chi connectivity index (χ1) is 8.87. The molecule has 4 rings (SSSR count). The number of fused-ring (bicyclic) bond motifs is 2. The standard InChI is InChI=1S/C14H17N3S/c1-2-12-8-15-11-17(12)14(4-1)5-6-16(10-14)13-3-7-18-9-13/h3,7-9,11H,1-2,4-6,10H2. The largest absolute Gasteiger partial charge is 0.368 e. The molecule has 4 heterocycles. The average Bonchev–Trinajstić information content (AvgIpc) is 3.09. The Kier molecular flexibility index (Phi) is 2.27. The molecule has 1 spiro atoms. The highest BCUT2D eigenvalue weighted by atomic mass is 32.1. The molecule has 0 bridgehead atoms. The molecule has 2 aromatic heterocycles. The maximum atomic E-state index is 4.36. The minimum Gasteiger partial charge on any atom is -0.368 e. The normalized spacial score (nSPS) is 26.8. The SMILES string of the molecule is c1cc(N2CCC3(CCCc4cncn43)C2)cs1. The summed E-state index contributed by atoms with van der Waals surface area (Å²) in [4.78, 5) is 6.89. The van der Waals surface area contributed by atoms with Crippen molar-refractivity contribution in [1.82, 2.24) is 9.55 Å². The molecule has 1 fully saturated rings. The highest BCUT2D eigenvalue weighted by Crippen LogP contribution is 2.40. The van der Waals surface area contributed by atoms with Crippen LogP contribution in [-0.2, 0) is 12.0 Å². The van der Waals surface area contributed by atoms with Crippen molar-refractivity contribution >= 4 is 17.0 Å². The minimum absolute atomic E-state index is 0.312. The third kappa shape index (κ3) is 1.45. The Hall–Kier alpha value is -1.29. The van der Waals surface area contributed by atoms with Gasteiger partial charge < -0.3 is 9.47 Å². The average molecular weight is 259 g/mol. The van der Waals surface area contributed by atoms with E-state index in [1.165, 1.54) is 43.6 Å². The van der Waals surface area contributed by atoms with Crippen LogP contribution in [0.4, 0.5) is 5.69 Å². The number of aromatic nitrogens is 2. The van der Waals surface area contributed by atoms with Crippen molar-refractivity contribution in [3.63, 3.8) is 0 Å². The molecule has 0 radical (unpaired) electrons. The van der Waals surface area contributed by atoms with Crippen molar-refractivity contribution in [2.75, 3.05) is 18.0 Å². The number of hydrogen-bond acceptors (Lipinski definition) is 3. The number of rotatable bonds is 1. The molecule has 18 heavy (non-hydrogen) atoms. The monoisotopic (exact) mass is 259 g/mol. The van der Waals surface area contributed by atoms with Crippen molar-refractivity contribution in [1.29, 1.82) is 0 Å². The molecule has 2 aliphatic rings. The zero-order valence-corrected chi connectivity index (χ0v) is 11.2. The van der Waals surface area contributed by atoms with Gasteiger partial charge in [-0.05, 0) is 37.1 Å². The van der Waals surface area contributed by atoms with E-state index in [0.717, 1.165) is 6.54 Å². The first-order valence-corrected chi connectivity index (χ1v) is 7.61. The van der Waals surface area contributed by atoms with Gasteiger partial charge in [-0.15, -0.1) is 0 Å². The van der Waals surface area contributed by atoms with Crippen LogP contribution in [0.3, 0.4) is 0 Å². The Balaban J connectivity index is 1.68. The maximum Gasteiger partial charge on any atom is 0.0954 e. The molecule has 0 N–H and O–H groups in total. The van der Waals surface area contributed by atoms with Gasteiger partial charge in [-0.3, -0.25) is 0 Å². The quantitative estimate of drug-likeness (QED) is 0.785. The molecule has 2 aliphatic heterocycles. The predicted octanol–water partition coefficient (Wildman–Crippen LogP) is 2.89. The van der Waals surface area contributed by atoms with Gasteiger partial charge >= 0.3 is 0 Å². The molecule has 1 saturated heterocycles. The van der Waals surface area contributed by atoms with Crippen LogP contribution in [0, 0.1) is 0 Å². The number of nitrogens with zero attached hydrogens (tertiary/aromatic N) is 3. The molecule has 0 aliphatic carbocycles. The summed E-state index contributed by atoms with van der Waals surface area (Å²) in [6.45, 7) is 2.32. The molecular formula is C14H17N3S. The van der Waals surface area contributed by atoms with E-state index in [9.17, 15) is 0 Å². The van der Waals surface area contributed by atoms with Crippen molar-refractivity contribution in [3.8, 4) is 0 Å². The fourth-order valence-corrected chi connectivity index (χ4v) is 4.23. The summed E-state index contributed by atoms with van der Waals surface area (Å²) in [7, 11) is 0. The van der Waals surface area contributed by atoms with Gasteiger partial charge in [-0.1, -0.05) is 0 Å². The molecule has 2 aromatic rings. The number of aryl methyl sites for hydroxylation is 1. The van der Waals surface area contributed by atoms with E-state index in [1.54, 1.807) is 11.3 Å². The Morgan fingerprint density at radius 2 is 2.33 bits per heavy atom. The van der Waals surface area contributed by atoms with Crippen LogP contribution >= 0.6 is 11.3 Å². The van der Waals surface area contributed by atoms with E-state index < -0.39 is 0 Å². The van der Waals surface area contributed by atoms with Gasteiger partial charge in [0.1, 0.15) is 0 Å². The van der Waals surface area contributed by atoms with Gasteiger partial charge in [-0.25, -0.2) is 4.98 Å². The molecule has 1 atom stereocenters. The first kappa shape index (κ1) is 10.6. The highest BCUT2D eigenvalue weighted by molar-refractivity contribution is 7.08. The number of hydrogen-bond donors (Lipinski definition) is 0. The van der Waals surface area contributed by atoms with Gasteiger partial charge in [0, 0.05) is 36.0 Å². The molecule has 94 valence electrons. The topological polar surface area (TPSA) is 21.1 Å². The third-order valence-corrected chi connectivity index (χ3v) is 5.18. The zero-order valence-electron chi connectivity index (χ0n) is 10.4. The smallest absolute Gasteiger partial charge is 0.0954 e.